The molecule has 0 unspecified atom stereocenters. The Morgan fingerprint density at radius 1 is 0.692 bits per heavy atom. The van der Waals surface area contributed by atoms with Gasteiger partial charge in [0.2, 0.25) is 0 Å². The molecule has 0 saturated carbocycles. The summed E-state index contributed by atoms with van der Waals surface area (Å²) in [4.78, 5) is 15.3. The first-order valence-corrected chi connectivity index (χ1v) is 11.2. The molecule has 0 radical (unpaired) electrons. The summed E-state index contributed by atoms with van der Waals surface area (Å²) in [7, 11) is 0. The number of carbonyl (C=O) groups is 1. The lowest BCUT2D eigenvalue weighted by Crippen LogP contribution is -2.01. The number of hydrogen-bond acceptors (Lipinski definition) is 3. The third-order valence-electron chi connectivity index (χ3n) is 3.99. The number of carbonyl (C=O) groups excluding carboxylic acids is 1. The largest absolute Gasteiger partial charge is 0.289 e. The van der Waals surface area contributed by atoms with Crippen LogP contribution in [-0.2, 0) is 0 Å². The molecule has 0 aliphatic heterocycles. The predicted molar refractivity (Wildman–Crippen MR) is 118 cm³/mol. The molecule has 0 fully saturated rings. The third kappa shape index (κ3) is 3.49. The van der Waals surface area contributed by atoms with E-state index in [0.29, 0.717) is 0 Å². The summed E-state index contributed by atoms with van der Waals surface area (Å²) >= 11 is 10.2. The van der Waals surface area contributed by atoms with Gasteiger partial charge in [0, 0.05) is 29.8 Å². The van der Waals surface area contributed by atoms with Gasteiger partial charge in [-0.25, -0.2) is 0 Å². The van der Waals surface area contributed by atoms with Gasteiger partial charge in [-0.15, -0.1) is 22.7 Å². The standard InChI is InChI=1S/C21H12Br2OS2/c22-15-5-1-3-13(11-15)20-17(7-9-25-20)19(24)18-8-10-26-21(18)14-4-2-6-16(23)12-14/h1-12H. The normalized spacial score (nSPS) is 10.8. The van der Waals surface area contributed by atoms with Crippen LogP contribution in [0.25, 0.3) is 20.9 Å². The van der Waals surface area contributed by atoms with Crippen molar-refractivity contribution < 1.29 is 4.79 Å². The molecule has 128 valence electrons. The van der Waals surface area contributed by atoms with Crippen LogP contribution in [0, 0.1) is 0 Å². The summed E-state index contributed by atoms with van der Waals surface area (Å²) in [5, 5.41) is 3.96. The van der Waals surface area contributed by atoms with Crippen LogP contribution in [0.15, 0.2) is 80.4 Å². The summed E-state index contributed by atoms with van der Waals surface area (Å²) in [5.41, 5.74) is 3.61. The molecule has 2 aromatic carbocycles. The number of hydrogen-bond donors (Lipinski definition) is 0. The highest BCUT2D eigenvalue weighted by Crippen LogP contribution is 2.37. The van der Waals surface area contributed by atoms with Crippen LogP contribution < -0.4 is 0 Å². The smallest absolute Gasteiger partial charge is 0.195 e. The van der Waals surface area contributed by atoms with Crippen LogP contribution in [0.1, 0.15) is 15.9 Å². The van der Waals surface area contributed by atoms with E-state index in [2.05, 4.69) is 31.9 Å². The molecule has 0 aliphatic carbocycles. The van der Waals surface area contributed by atoms with E-state index in [4.69, 9.17) is 0 Å². The first kappa shape index (κ1) is 17.9. The summed E-state index contributed by atoms with van der Waals surface area (Å²) in [6.45, 7) is 0. The highest BCUT2D eigenvalue weighted by molar-refractivity contribution is 9.10. The Morgan fingerprint density at radius 2 is 1.15 bits per heavy atom. The summed E-state index contributed by atoms with van der Waals surface area (Å²) in [5.74, 6) is 0.0671. The molecule has 5 heteroatoms. The van der Waals surface area contributed by atoms with Gasteiger partial charge < -0.3 is 0 Å². The Balaban J connectivity index is 1.78. The first-order valence-electron chi connectivity index (χ1n) is 7.85. The van der Waals surface area contributed by atoms with Gasteiger partial charge in [-0.1, -0.05) is 56.1 Å². The van der Waals surface area contributed by atoms with E-state index in [1.54, 1.807) is 22.7 Å². The lowest BCUT2D eigenvalue weighted by Gasteiger charge is -2.06. The molecule has 4 aromatic rings. The molecule has 2 heterocycles. The zero-order valence-corrected chi connectivity index (χ0v) is 18.2. The van der Waals surface area contributed by atoms with Crippen LogP contribution in [0.3, 0.4) is 0 Å². The van der Waals surface area contributed by atoms with Crippen molar-refractivity contribution in [2.75, 3.05) is 0 Å². The quantitative estimate of drug-likeness (QED) is 0.258. The zero-order valence-electron chi connectivity index (χ0n) is 13.4. The second-order valence-corrected chi connectivity index (χ2v) is 9.34. The Morgan fingerprint density at radius 3 is 1.58 bits per heavy atom. The molecule has 0 aliphatic rings. The Kier molecular flexibility index (Phi) is 5.23. The van der Waals surface area contributed by atoms with Crippen LogP contribution >= 0.6 is 54.5 Å². The average molecular weight is 504 g/mol. The van der Waals surface area contributed by atoms with Gasteiger partial charge in [0.15, 0.2) is 5.78 Å². The van der Waals surface area contributed by atoms with E-state index in [-0.39, 0.29) is 5.78 Å². The molecule has 26 heavy (non-hydrogen) atoms. The SMILES string of the molecule is O=C(c1ccsc1-c1cccc(Br)c1)c1ccsc1-c1cccc(Br)c1. The molecule has 0 spiro atoms. The van der Waals surface area contributed by atoms with Crippen LogP contribution in [0.4, 0.5) is 0 Å². The van der Waals surface area contributed by atoms with E-state index in [9.17, 15) is 4.79 Å². The minimum absolute atomic E-state index is 0.0671. The highest BCUT2D eigenvalue weighted by atomic mass is 79.9. The Labute approximate surface area is 176 Å². The molecule has 0 amide bonds. The number of thiophene rings is 2. The number of benzene rings is 2. The van der Waals surface area contributed by atoms with Crippen molar-refractivity contribution in [2.45, 2.75) is 0 Å². The van der Waals surface area contributed by atoms with Crippen molar-refractivity contribution in [2.24, 2.45) is 0 Å². The van der Waals surface area contributed by atoms with E-state index in [0.717, 1.165) is 41.0 Å². The highest BCUT2D eigenvalue weighted by Gasteiger charge is 2.20. The van der Waals surface area contributed by atoms with Crippen LogP contribution in [-0.4, -0.2) is 5.78 Å². The van der Waals surface area contributed by atoms with Gasteiger partial charge in [-0.2, -0.15) is 0 Å². The molecule has 0 N–H and O–H groups in total. The molecular formula is C21H12Br2OS2. The maximum absolute atomic E-state index is 13.3. The van der Waals surface area contributed by atoms with Crippen molar-refractivity contribution in [1.29, 1.82) is 0 Å². The fourth-order valence-electron chi connectivity index (χ4n) is 2.83. The van der Waals surface area contributed by atoms with Crippen molar-refractivity contribution in [3.63, 3.8) is 0 Å². The fraction of sp³-hybridized carbons (Fsp3) is 0. The summed E-state index contributed by atoms with van der Waals surface area (Å²) in [6, 6.07) is 20.0. The molecule has 0 bridgehead atoms. The minimum Gasteiger partial charge on any atom is -0.289 e. The average Bonchev–Trinajstić information content (AvgIpc) is 3.31. The number of rotatable bonds is 4. The lowest BCUT2D eigenvalue weighted by atomic mass is 9.99. The van der Waals surface area contributed by atoms with Gasteiger partial charge in [0.1, 0.15) is 0 Å². The molecule has 1 nitrogen and oxygen atoms in total. The topological polar surface area (TPSA) is 17.1 Å². The lowest BCUT2D eigenvalue weighted by molar-refractivity contribution is 0.104. The van der Waals surface area contributed by atoms with Gasteiger partial charge in [0.25, 0.3) is 0 Å². The molecule has 0 atom stereocenters. The monoisotopic (exact) mass is 502 g/mol. The molecular weight excluding hydrogens is 492 g/mol. The Hall–Kier alpha value is -1.53. The third-order valence-corrected chi connectivity index (χ3v) is 6.91. The van der Waals surface area contributed by atoms with Crippen molar-refractivity contribution in [1.82, 2.24) is 0 Å². The van der Waals surface area contributed by atoms with Crippen molar-refractivity contribution >= 4 is 60.3 Å². The second-order valence-electron chi connectivity index (χ2n) is 5.68. The first-order chi connectivity index (χ1) is 12.6. The number of halogens is 2. The molecule has 4 rings (SSSR count). The van der Waals surface area contributed by atoms with Crippen molar-refractivity contribution in [3.05, 3.63) is 91.5 Å². The Bertz CT molecular complexity index is 1010. The summed E-state index contributed by atoms with van der Waals surface area (Å²) < 4.78 is 2.01. The molecule has 0 saturated heterocycles. The van der Waals surface area contributed by atoms with Gasteiger partial charge in [0.05, 0.1) is 0 Å². The maximum Gasteiger partial charge on any atom is 0.195 e. The maximum atomic E-state index is 13.3. The fourth-order valence-corrected chi connectivity index (χ4v) is 5.41. The van der Waals surface area contributed by atoms with Crippen LogP contribution in [0.2, 0.25) is 0 Å². The summed E-state index contributed by atoms with van der Waals surface area (Å²) in [6.07, 6.45) is 0. The van der Waals surface area contributed by atoms with Crippen LogP contribution in [0.5, 0.6) is 0 Å². The van der Waals surface area contributed by atoms with E-state index >= 15 is 0 Å². The van der Waals surface area contributed by atoms with Gasteiger partial charge in [-0.3, -0.25) is 4.79 Å². The second kappa shape index (κ2) is 7.61. The predicted octanol–water partition coefficient (Wildman–Crippen LogP) is 7.90. The zero-order chi connectivity index (χ0) is 18.1. The minimum atomic E-state index is 0.0671. The molecule has 2 aromatic heterocycles. The number of ketones is 1. The van der Waals surface area contributed by atoms with Crippen molar-refractivity contribution in [3.8, 4) is 20.9 Å². The van der Waals surface area contributed by atoms with E-state index in [1.165, 1.54) is 0 Å². The van der Waals surface area contributed by atoms with Gasteiger partial charge >= 0.3 is 0 Å². The van der Waals surface area contributed by atoms with E-state index in [1.807, 2.05) is 71.4 Å². The van der Waals surface area contributed by atoms with E-state index < -0.39 is 0 Å². The van der Waals surface area contributed by atoms with Gasteiger partial charge in [-0.05, 0) is 58.3 Å².